The monoisotopic (exact) mass is 328 g/mol. The van der Waals surface area contributed by atoms with Gasteiger partial charge in [-0.3, -0.25) is 9.69 Å². The highest BCUT2D eigenvalue weighted by molar-refractivity contribution is 5.86. The zero-order chi connectivity index (χ0) is 17.1. The number of hydrogen-bond acceptors (Lipinski definition) is 3. The fraction of sp³-hybridized carbons (Fsp3) is 0.526. The van der Waals surface area contributed by atoms with Gasteiger partial charge >= 0.3 is 0 Å². The first-order valence-corrected chi connectivity index (χ1v) is 8.89. The maximum absolute atomic E-state index is 12.7. The number of rotatable bonds is 6. The molecule has 1 aliphatic heterocycles. The molecule has 2 aromatic rings. The predicted molar refractivity (Wildman–Crippen MR) is 97.9 cm³/mol. The summed E-state index contributed by atoms with van der Waals surface area (Å²) in [5.74, 6) is 0.0308. The Hall–Kier alpha value is -1.85. The van der Waals surface area contributed by atoms with Gasteiger partial charge in [-0.2, -0.15) is 0 Å². The summed E-state index contributed by atoms with van der Waals surface area (Å²) in [7, 11) is 1.88. The molecule has 0 saturated carbocycles. The molecule has 1 fully saturated rings. The van der Waals surface area contributed by atoms with Crippen molar-refractivity contribution in [2.24, 2.45) is 5.73 Å². The van der Waals surface area contributed by atoms with Gasteiger partial charge in [-0.25, -0.2) is 0 Å². The molecule has 0 bridgehead atoms. The average Bonchev–Trinajstić information content (AvgIpc) is 3.21. The standard InChI is InChI=1S/C19H28N4O/c1-3-23-10-6-7-15(23)13-22(2)19(24)17(20)11-14-12-21-18-9-5-4-8-16(14)18/h4-5,8-9,12,15,17,21H,3,6-7,10-11,13,20H2,1-2H3/t15?,17-/m0/s1. The van der Waals surface area contributed by atoms with Crippen molar-refractivity contribution in [2.45, 2.75) is 38.3 Å². The SMILES string of the molecule is CCN1CCCC1CN(C)C(=O)[C@@H](N)Cc1c[nH]c2ccccc12. The lowest BCUT2D eigenvalue weighted by atomic mass is 10.0. The fourth-order valence-corrected chi connectivity index (χ4v) is 3.83. The summed E-state index contributed by atoms with van der Waals surface area (Å²) in [4.78, 5) is 20.2. The van der Waals surface area contributed by atoms with Crippen LogP contribution in [0.15, 0.2) is 30.5 Å². The smallest absolute Gasteiger partial charge is 0.239 e. The minimum Gasteiger partial charge on any atom is -0.361 e. The summed E-state index contributed by atoms with van der Waals surface area (Å²) >= 11 is 0. The molecular formula is C19H28N4O. The number of nitrogens with two attached hydrogens (primary N) is 1. The van der Waals surface area contributed by atoms with Crippen LogP contribution in [-0.4, -0.2) is 59.5 Å². The molecule has 2 heterocycles. The Morgan fingerprint density at radius 2 is 2.25 bits per heavy atom. The van der Waals surface area contributed by atoms with Crippen molar-refractivity contribution in [1.82, 2.24) is 14.8 Å². The van der Waals surface area contributed by atoms with Crippen LogP contribution >= 0.6 is 0 Å². The maximum atomic E-state index is 12.7. The topological polar surface area (TPSA) is 65.4 Å². The molecule has 3 N–H and O–H groups in total. The van der Waals surface area contributed by atoms with E-state index in [0.29, 0.717) is 12.5 Å². The lowest BCUT2D eigenvalue weighted by Crippen LogP contribution is -2.47. The van der Waals surface area contributed by atoms with Gasteiger partial charge in [0.15, 0.2) is 0 Å². The first-order chi connectivity index (χ1) is 11.6. The molecule has 1 unspecified atom stereocenters. The maximum Gasteiger partial charge on any atom is 0.239 e. The Morgan fingerprint density at radius 1 is 1.46 bits per heavy atom. The Bertz CT molecular complexity index is 695. The number of benzene rings is 1. The van der Waals surface area contributed by atoms with Crippen molar-refractivity contribution in [3.05, 3.63) is 36.0 Å². The molecule has 0 aliphatic carbocycles. The van der Waals surface area contributed by atoms with E-state index in [4.69, 9.17) is 5.73 Å². The minimum atomic E-state index is -0.495. The van der Waals surface area contributed by atoms with Crippen LogP contribution in [0.25, 0.3) is 10.9 Å². The van der Waals surface area contributed by atoms with Gasteiger partial charge in [-0.1, -0.05) is 25.1 Å². The van der Waals surface area contributed by atoms with E-state index in [9.17, 15) is 4.79 Å². The van der Waals surface area contributed by atoms with E-state index in [1.807, 2.05) is 36.3 Å². The molecule has 2 atom stereocenters. The van der Waals surface area contributed by atoms with Crippen molar-refractivity contribution in [3.63, 3.8) is 0 Å². The fourth-order valence-electron chi connectivity index (χ4n) is 3.83. The number of carbonyl (C=O) groups excluding carboxylic acids is 1. The van der Waals surface area contributed by atoms with Gasteiger partial charge in [-0.05, 0) is 44.0 Å². The third-order valence-corrected chi connectivity index (χ3v) is 5.20. The van der Waals surface area contributed by atoms with Gasteiger partial charge in [0, 0.05) is 36.7 Å². The van der Waals surface area contributed by atoms with E-state index < -0.39 is 6.04 Å². The van der Waals surface area contributed by atoms with Crippen LogP contribution in [-0.2, 0) is 11.2 Å². The molecule has 0 radical (unpaired) electrons. The third-order valence-electron chi connectivity index (χ3n) is 5.20. The summed E-state index contributed by atoms with van der Waals surface area (Å²) < 4.78 is 0. The van der Waals surface area contributed by atoms with Crippen molar-refractivity contribution >= 4 is 16.8 Å². The second-order valence-electron chi connectivity index (χ2n) is 6.81. The number of fused-ring (bicyclic) bond motifs is 1. The molecule has 3 rings (SSSR count). The van der Waals surface area contributed by atoms with Gasteiger partial charge in [0.05, 0.1) is 6.04 Å². The van der Waals surface area contributed by atoms with Crippen LogP contribution < -0.4 is 5.73 Å². The first-order valence-electron chi connectivity index (χ1n) is 8.89. The number of likely N-dealkylation sites (N-methyl/N-ethyl adjacent to an activating group) is 2. The van der Waals surface area contributed by atoms with E-state index in [2.05, 4.69) is 22.9 Å². The van der Waals surface area contributed by atoms with Crippen molar-refractivity contribution in [1.29, 1.82) is 0 Å². The highest BCUT2D eigenvalue weighted by atomic mass is 16.2. The normalized spacial score (nSPS) is 19.7. The molecule has 1 amide bonds. The van der Waals surface area contributed by atoms with Crippen LogP contribution in [0.1, 0.15) is 25.3 Å². The molecule has 0 spiro atoms. The summed E-state index contributed by atoms with van der Waals surface area (Å²) in [5, 5.41) is 1.15. The molecule has 1 aliphatic rings. The van der Waals surface area contributed by atoms with Crippen LogP contribution in [0.4, 0.5) is 0 Å². The second kappa shape index (κ2) is 7.36. The minimum absolute atomic E-state index is 0.0308. The van der Waals surface area contributed by atoms with E-state index >= 15 is 0 Å². The van der Waals surface area contributed by atoms with Gasteiger partial charge < -0.3 is 15.6 Å². The molecular weight excluding hydrogens is 300 g/mol. The zero-order valence-corrected chi connectivity index (χ0v) is 14.7. The Morgan fingerprint density at radius 3 is 3.04 bits per heavy atom. The Balaban J connectivity index is 1.61. The van der Waals surface area contributed by atoms with Gasteiger partial charge in [0.25, 0.3) is 0 Å². The van der Waals surface area contributed by atoms with Crippen LogP contribution in [0.2, 0.25) is 0 Å². The number of amides is 1. The Kier molecular flexibility index (Phi) is 5.21. The van der Waals surface area contributed by atoms with Gasteiger partial charge in [-0.15, -0.1) is 0 Å². The Labute approximate surface area is 143 Å². The van der Waals surface area contributed by atoms with Crippen LogP contribution in [0.5, 0.6) is 0 Å². The van der Waals surface area contributed by atoms with E-state index in [0.717, 1.165) is 36.1 Å². The number of H-pyrrole nitrogens is 1. The van der Waals surface area contributed by atoms with Crippen molar-refractivity contribution in [2.75, 3.05) is 26.7 Å². The lowest BCUT2D eigenvalue weighted by Gasteiger charge is -2.29. The highest BCUT2D eigenvalue weighted by Gasteiger charge is 2.27. The molecule has 1 aromatic heterocycles. The number of para-hydroxylation sites is 1. The van der Waals surface area contributed by atoms with E-state index in [1.54, 1.807) is 0 Å². The number of nitrogens with zero attached hydrogens (tertiary/aromatic N) is 2. The molecule has 1 saturated heterocycles. The lowest BCUT2D eigenvalue weighted by molar-refractivity contribution is -0.131. The highest BCUT2D eigenvalue weighted by Crippen LogP contribution is 2.20. The number of aromatic nitrogens is 1. The zero-order valence-electron chi connectivity index (χ0n) is 14.7. The molecule has 130 valence electrons. The van der Waals surface area contributed by atoms with E-state index in [-0.39, 0.29) is 5.91 Å². The number of nitrogens with one attached hydrogen (secondary N) is 1. The third kappa shape index (κ3) is 3.47. The summed E-state index contributed by atoms with van der Waals surface area (Å²) in [6, 6.07) is 8.11. The number of aromatic amines is 1. The van der Waals surface area contributed by atoms with E-state index in [1.165, 1.54) is 12.8 Å². The number of carbonyl (C=O) groups is 1. The number of likely N-dealkylation sites (tertiary alicyclic amines) is 1. The molecule has 1 aromatic carbocycles. The second-order valence-corrected chi connectivity index (χ2v) is 6.81. The average molecular weight is 328 g/mol. The van der Waals surface area contributed by atoms with Crippen LogP contribution in [0, 0.1) is 0 Å². The predicted octanol–water partition coefficient (Wildman–Crippen LogP) is 1.98. The van der Waals surface area contributed by atoms with Gasteiger partial charge in [0.2, 0.25) is 5.91 Å². The first kappa shape index (κ1) is 17.0. The molecule has 5 nitrogen and oxygen atoms in total. The van der Waals surface area contributed by atoms with Crippen LogP contribution in [0.3, 0.4) is 0 Å². The molecule has 24 heavy (non-hydrogen) atoms. The van der Waals surface area contributed by atoms with Gasteiger partial charge in [0.1, 0.15) is 0 Å². The van der Waals surface area contributed by atoms with Crippen molar-refractivity contribution in [3.8, 4) is 0 Å². The molecule has 5 heteroatoms. The summed E-state index contributed by atoms with van der Waals surface area (Å²) in [5.41, 5.74) is 8.42. The largest absolute Gasteiger partial charge is 0.361 e. The quantitative estimate of drug-likeness (QED) is 0.852. The van der Waals surface area contributed by atoms with Crippen molar-refractivity contribution < 1.29 is 4.79 Å². The summed E-state index contributed by atoms with van der Waals surface area (Å²) in [6.07, 6.45) is 4.92. The number of hydrogen-bond donors (Lipinski definition) is 2. The summed E-state index contributed by atoms with van der Waals surface area (Å²) in [6.45, 7) is 5.15.